The van der Waals surface area contributed by atoms with E-state index in [1.165, 1.54) is 12.8 Å². The van der Waals surface area contributed by atoms with E-state index in [0.29, 0.717) is 19.5 Å². The van der Waals surface area contributed by atoms with Crippen molar-refractivity contribution in [3.05, 3.63) is 0 Å². The van der Waals surface area contributed by atoms with Crippen molar-refractivity contribution in [2.45, 2.75) is 52.0 Å². The number of likely N-dealkylation sites (tertiary alicyclic amines) is 2. The number of hydrogen-bond donors (Lipinski definition) is 1. The van der Waals surface area contributed by atoms with E-state index in [4.69, 9.17) is 0 Å². The molecule has 120 valence electrons. The standard InChI is InChI=1S/C16H28N2O3/c1-12-9-14(16(20)21)11-18(10-12)15(19)13(2)17-7-5-3-4-6-8-17/h12-14H,3-11H2,1-2H3,(H,20,21). The Balaban J connectivity index is 1.98. The first-order valence-electron chi connectivity index (χ1n) is 8.24. The van der Waals surface area contributed by atoms with Crippen LogP contribution in [0.25, 0.3) is 0 Å². The van der Waals surface area contributed by atoms with E-state index in [1.807, 2.05) is 13.8 Å². The van der Waals surface area contributed by atoms with Gasteiger partial charge in [0.1, 0.15) is 0 Å². The smallest absolute Gasteiger partial charge is 0.308 e. The highest BCUT2D eigenvalue weighted by atomic mass is 16.4. The predicted octanol–water partition coefficient (Wildman–Crippen LogP) is 1.82. The van der Waals surface area contributed by atoms with Gasteiger partial charge < -0.3 is 10.0 Å². The number of hydrogen-bond acceptors (Lipinski definition) is 3. The van der Waals surface area contributed by atoms with E-state index in [2.05, 4.69) is 4.90 Å². The Kier molecular flexibility index (Phi) is 5.62. The van der Waals surface area contributed by atoms with Crippen LogP contribution in [-0.2, 0) is 9.59 Å². The minimum atomic E-state index is -0.776. The van der Waals surface area contributed by atoms with Crippen LogP contribution in [0.5, 0.6) is 0 Å². The van der Waals surface area contributed by atoms with E-state index < -0.39 is 11.9 Å². The van der Waals surface area contributed by atoms with Gasteiger partial charge in [-0.2, -0.15) is 0 Å². The summed E-state index contributed by atoms with van der Waals surface area (Å²) in [6.07, 6.45) is 5.49. The zero-order valence-electron chi connectivity index (χ0n) is 13.3. The second-order valence-corrected chi connectivity index (χ2v) is 6.75. The van der Waals surface area contributed by atoms with Crippen LogP contribution in [0, 0.1) is 11.8 Å². The number of piperidine rings is 1. The number of carbonyl (C=O) groups is 2. The molecule has 5 heteroatoms. The lowest BCUT2D eigenvalue weighted by atomic mass is 9.90. The highest BCUT2D eigenvalue weighted by Gasteiger charge is 2.34. The van der Waals surface area contributed by atoms with Crippen LogP contribution in [0.15, 0.2) is 0 Å². The van der Waals surface area contributed by atoms with Gasteiger partial charge in [0.05, 0.1) is 12.0 Å². The SMILES string of the molecule is CC1CC(C(=O)O)CN(C(=O)C(C)N2CCCCCC2)C1. The van der Waals surface area contributed by atoms with Crippen LogP contribution < -0.4 is 0 Å². The molecule has 1 amide bonds. The van der Waals surface area contributed by atoms with Crippen molar-refractivity contribution >= 4 is 11.9 Å². The largest absolute Gasteiger partial charge is 0.481 e. The Morgan fingerprint density at radius 3 is 2.29 bits per heavy atom. The Labute approximate surface area is 127 Å². The predicted molar refractivity (Wildman–Crippen MR) is 81.0 cm³/mol. The Morgan fingerprint density at radius 2 is 1.71 bits per heavy atom. The first-order chi connectivity index (χ1) is 9.99. The third-order valence-electron chi connectivity index (χ3n) is 4.87. The van der Waals surface area contributed by atoms with Crippen LogP contribution in [0.3, 0.4) is 0 Å². The highest BCUT2D eigenvalue weighted by molar-refractivity contribution is 5.82. The maximum absolute atomic E-state index is 12.7. The summed E-state index contributed by atoms with van der Waals surface area (Å²) >= 11 is 0. The van der Waals surface area contributed by atoms with Crippen molar-refractivity contribution < 1.29 is 14.7 Å². The fourth-order valence-electron chi connectivity index (χ4n) is 3.61. The molecule has 1 N–H and O–H groups in total. The van der Waals surface area contributed by atoms with Crippen LogP contribution in [0.4, 0.5) is 0 Å². The second kappa shape index (κ2) is 7.25. The zero-order chi connectivity index (χ0) is 15.4. The summed E-state index contributed by atoms with van der Waals surface area (Å²) in [6.45, 7) is 7.05. The Bertz CT molecular complexity index is 378. The molecule has 0 aromatic rings. The first kappa shape index (κ1) is 16.3. The van der Waals surface area contributed by atoms with Gasteiger partial charge in [-0.25, -0.2) is 0 Å². The van der Waals surface area contributed by atoms with Crippen LogP contribution in [0.1, 0.15) is 46.0 Å². The summed E-state index contributed by atoms with van der Waals surface area (Å²) in [5.41, 5.74) is 0. The van der Waals surface area contributed by atoms with Gasteiger partial charge in [-0.15, -0.1) is 0 Å². The molecule has 0 aromatic carbocycles. The molecule has 0 spiro atoms. The molecule has 3 atom stereocenters. The van der Waals surface area contributed by atoms with E-state index in [-0.39, 0.29) is 17.9 Å². The fourth-order valence-corrected chi connectivity index (χ4v) is 3.61. The molecular formula is C16H28N2O3. The number of carboxylic acids is 1. The molecule has 2 rings (SSSR count). The van der Waals surface area contributed by atoms with Gasteiger partial charge >= 0.3 is 5.97 Å². The van der Waals surface area contributed by atoms with Crippen molar-refractivity contribution in [1.29, 1.82) is 0 Å². The molecule has 21 heavy (non-hydrogen) atoms. The number of carbonyl (C=O) groups excluding carboxylic acids is 1. The van der Waals surface area contributed by atoms with Gasteiger partial charge in [0.2, 0.25) is 5.91 Å². The molecule has 2 fully saturated rings. The third-order valence-corrected chi connectivity index (χ3v) is 4.87. The van der Waals surface area contributed by atoms with Crippen molar-refractivity contribution in [1.82, 2.24) is 9.80 Å². The quantitative estimate of drug-likeness (QED) is 0.863. The molecule has 2 saturated heterocycles. The average Bonchev–Trinajstić information content (AvgIpc) is 2.74. The van der Waals surface area contributed by atoms with Gasteiger partial charge in [-0.1, -0.05) is 19.8 Å². The zero-order valence-corrected chi connectivity index (χ0v) is 13.3. The molecule has 0 radical (unpaired) electrons. The third kappa shape index (κ3) is 4.19. The summed E-state index contributed by atoms with van der Waals surface area (Å²) in [7, 11) is 0. The Morgan fingerprint density at radius 1 is 1.10 bits per heavy atom. The molecular weight excluding hydrogens is 268 g/mol. The summed E-state index contributed by atoms with van der Waals surface area (Å²) < 4.78 is 0. The van der Waals surface area contributed by atoms with Crippen molar-refractivity contribution in [3.8, 4) is 0 Å². The topological polar surface area (TPSA) is 60.9 Å². The van der Waals surface area contributed by atoms with Crippen molar-refractivity contribution in [2.24, 2.45) is 11.8 Å². The van der Waals surface area contributed by atoms with E-state index >= 15 is 0 Å². The molecule has 3 unspecified atom stereocenters. The number of carboxylic acid groups (broad SMARTS) is 1. The van der Waals surface area contributed by atoms with Gasteiger partial charge in [0.15, 0.2) is 0 Å². The van der Waals surface area contributed by atoms with E-state index in [9.17, 15) is 14.7 Å². The highest BCUT2D eigenvalue weighted by Crippen LogP contribution is 2.23. The lowest BCUT2D eigenvalue weighted by molar-refractivity contribution is -0.148. The normalized spacial score (nSPS) is 29.7. The summed E-state index contributed by atoms with van der Waals surface area (Å²) in [4.78, 5) is 28.0. The van der Waals surface area contributed by atoms with E-state index in [0.717, 1.165) is 25.9 Å². The number of rotatable bonds is 3. The molecule has 2 heterocycles. The van der Waals surface area contributed by atoms with Crippen molar-refractivity contribution in [2.75, 3.05) is 26.2 Å². The van der Waals surface area contributed by atoms with Crippen LogP contribution in [0.2, 0.25) is 0 Å². The molecule has 0 bridgehead atoms. The van der Waals surface area contributed by atoms with Gasteiger partial charge in [-0.3, -0.25) is 14.5 Å². The molecule has 2 aliphatic heterocycles. The number of aliphatic carboxylic acids is 1. The van der Waals surface area contributed by atoms with Gasteiger partial charge in [0, 0.05) is 13.1 Å². The molecule has 0 saturated carbocycles. The molecule has 0 aromatic heterocycles. The summed E-state index contributed by atoms with van der Waals surface area (Å²) in [5, 5.41) is 9.23. The average molecular weight is 296 g/mol. The van der Waals surface area contributed by atoms with Gasteiger partial charge in [-0.05, 0) is 45.2 Å². The van der Waals surface area contributed by atoms with E-state index in [1.54, 1.807) is 4.90 Å². The Hall–Kier alpha value is -1.10. The van der Waals surface area contributed by atoms with Gasteiger partial charge in [0.25, 0.3) is 0 Å². The molecule has 0 aliphatic carbocycles. The maximum atomic E-state index is 12.7. The first-order valence-corrected chi connectivity index (χ1v) is 8.24. The maximum Gasteiger partial charge on any atom is 0.308 e. The minimum absolute atomic E-state index is 0.106. The van der Waals surface area contributed by atoms with Crippen LogP contribution in [-0.4, -0.2) is 59.0 Å². The second-order valence-electron chi connectivity index (χ2n) is 6.75. The minimum Gasteiger partial charge on any atom is -0.481 e. The molecule has 5 nitrogen and oxygen atoms in total. The molecule has 2 aliphatic rings. The fraction of sp³-hybridized carbons (Fsp3) is 0.875. The monoisotopic (exact) mass is 296 g/mol. The summed E-state index contributed by atoms with van der Waals surface area (Å²) in [6, 6.07) is -0.122. The lowest BCUT2D eigenvalue weighted by Gasteiger charge is -2.38. The number of nitrogens with zero attached hydrogens (tertiary/aromatic N) is 2. The summed E-state index contributed by atoms with van der Waals surface area (Å²) in [5.74, 6) is -0.814. The lowest BCUT2D eigenvalue weighted by Crippen LogP contribution is -2.52. The van der Waals surface area contributed by atoms with Crippen molar-refractivity contribution in [3.63, 3.8) is 0 Å². The van der Waals surface area contributed by atoms with Crippen LogP contribution >= 0.6 is 0 Å². The number of amides is 1.